The standard InChI is InChI=1S/C66H36B10N2S/c67-56-54(57(68)61(72)64(75)60(56)71)48-35-43(79(40-19-4-1-5-20-40,41-21-6-2-7-22-41)42-23-8-3-9-24-42)36-49(55-58(69)62(73)65(76)63(74)59(55)70)66(48)78-52-30-15-12-27-46(52)47-34-38(31-32-53(47)78)37-17-16-18-39(33-37)77-50-28-13-10-25-44(50)45-26-11-14-29-51(45)77/h1-36H. The number of hydrogen-bond donors (Lipinski definition) is 0. The van der Waals surface area contributed by atoms with Crippen LogP contribution in [0.3, 0.4) is 0 Å². The van der Waals surface area contributed by atoms with Crippen molar-refractivity contribution in [1.29, 1.82) is 0 Å². The molecule has 0 amide bonds. The first kappa shape index (κ1) is 50.5. The van der Waals surface area contributed by atoms with Crippen molar-refractivity contribution in [3.8, 4) is 44.8 Å². The van der Waals surface area contributed by atoms with Crippen LogP contribution in [0, 0.1) is 0 Å². The lowest BCUT2D eigenvalue weighted by Crippen LogP contribution is -2.55. The zero-order chi connectivity index (χ0) is 54.4. The molecule has 0 unspecified atom stereocenters. The molecule has 0 atom stereocenters. The monoisotopic (exact) mass is 998 g/mol. The molecule has 0 spiro atoms. The van der Waals surface area contributed by atoms with Gasteiger partial charge in [-0.25, -0.2) is 0 Å². The number of fused-ring (bicyclic) bond motifs is 6. The van der Waals surface area contributed by atoms with Crippen LogP contribution in [0.25, 0.3) is 88.4 Å². The Bertz CT molecular complexity index is 4320. The van der Waals surface area contributed by atoms with Crippen molar-refractivity contribution >= 4 is 187 Å². The van der Waals surface area contributed by atoms with Gasteiger partial charge in [-0.15, -0.1) is 42.8 Å². The molecular weight excluding hydrogens is 961 g/mol. The minimum atomic E-state index is -2.48. The summed E-state index contributed by atoms with van der Waals surface area (Å²) in [6, 6.07) is 76.2. The van der Waals surface area contributed by atoms with Crippen LogP contribution in [-0.4, -0.2) is 87.6 Å². The average molecular weight is 997 g/mol. The maximum Gasteiger partial charge on any atom is 0.113 e. The summed E-state index contributed by atoms with van der Waals surface area (Å²) in [6.45, 7) is 0. The van der Waals surface area contributed by atoms with Gasteiger partial charge in [-0.1, -0.05) is 149 Å². The normalized spacial score (nSPS) is 12.0. The molecule has 0 aliphatic rings. The topological polar surface area (TPSA) is 9.86 Å². The highest BCUT2D eigenvalue weighted by Crippen LogP contribution is 2.74. The predicted octanol–water partition coefficient (Wildman–Crippen LogP) is 6.16. The van der Waals surface area contributed by atoms with Crippen molar-refractivity contribution in [3.63, 3.8) is 0 Å². The van der Waals surface area contributed by atoms with Gasteiger partial charge in [0.25, 0.3) is 0 Å². The molecule has 20 radical (unpaired) electrons. The molecule has 0 saturated heterocycles. The second-order valence-corrected chi connectivity index (χ2v) is 22.9. The second-order valence-electron chi connectivity index (χ2n) is 19.8. The smallest absolute Gasteiger partial charge is 0.113 e. The first-order chi connectivity index (χ1) is 38.4. The Balaban J connectivity index is 1.18. The molecule has 79 heavy (non-hydrogen) atoms. The van der Waals surface area contributed by atoms with E-state index in [2.05, 4.69) is 197 Å². The van der Waals surface area contributed by atoms with Crippen LogP contribution >= 0.6 is 10.0 Å². The average Bonchev–Trinajstić information content (AvgIpc) is 4.26. The summed E-state index contributed by atoms with van der Waals surface area (Å²) in [5.74, 6) is 0. The Kier molecular flexibility index (Phi) is 12.6. The summed E-state index contributed by atoms with van der Waals surface area (Å²) in [7, 11) is 67.4. The molecule has 0 N–H and O–H groups in total. The molecule has 0 aliphatic heterocycles. The van der Waals surface area contributed by atoms with Gasteiger partial charge >= 0.3 is 0 Å². The molecule has 0 aliphatic carbocycles. The lowest BCUT2D eigenvalue weighted by atomic mass is 9.58. The van der Waals surface area contributed by atoms with Gasteiger partial charge in [-0.3, -0.25) is 0 Å². The van der Waals surface area contributed by atoms with Crippen LogP contribution in [0.5, 0.6) is 0 Å². The molecule has 0 fully saturated rings. The Morgan fingerprint density at radius 2 is 0.608 bits per heavy atom. The molecule has 11 aromatic carbocycles. The summed E-state index contributed by atoms with van der Waals surface area (Å²) in [5.41, 5.74) is 10.5. The van der Waals surface area contributed by atoms with Crippen LogP contribution in [0.15, 0.2) is 238 Å². The highest BCUT2D eigenvalue weighted by atomic mass is 32.3. The largest absolute Gasteiger partial charge is 0.309 e. The van der Waals surface area contributed by atoms with Crippen molar-refractivity contribution in [2.24, 2.45) is 0 Å². The lowest BCUT2D eigenvalue weighted by molar-refractivity contribution is 1.17. The number of rotatable bonds is 9. The van der Waals surface area contributed by atoms with Crippen molar-refractivity contribution in [2.75, 3.05) is 0 Å². The maximum absolute atomic E-state index is 7.28. The quantitative estimate of drug-likeness (QED) is 0.154. The minimum absolute atomic E-state index is 0.0775. The number of benzene rings is 11. The molecule has 13 heteroatoms. The van der Waals surface area contributed by atoms with Gasteiger partial charge in [0.15, 0.2) is 0 Å². The van der Waals surface area contributed by atoms with Gasteiger partial charge in [0.1, 0.15) is 78.5 Å². The number of nitrogens with zero attached hydrogens (tertiary/aromatic N) is 2. The third kappa shape index (κ3) is 7.78. The Morgan fingerprint density at radius 3 is 1.05 bits per heavy atom. The summed E-state index contributed by atoms with van der Waals surface area (Å²) in [5, 5.41) is 4.31. The first-order valence-electron chi connectivity index (χ1n) is 25.7. The van der Waals surface area contributed by atoms with Gasteiger partial charge in [-0.2, -0.15) is 0 Å². The molecule has 346 valence electrons. The van der Waals surface area contributed by atoms with E-state index in [0.29, 0.717) is 27.9 Å². The highest BCUT2D eigenvalue weighted by molar-refractivity contribution is 8.34. The zero-order valence-corrected chi connectivity index (χ0v) is 43.7. The number of hydrogen-bond acceptors (Lipinski definition) is 0. The summed E-state index contributed by atoms with van der Waals surface area (Å²) >= 11 is 0. The van der Waals surface area contributed by atoms with Crippen LogP contribution in [0.2, 0.25) is 0 Å². The van der Waals surface area contributed by atoms with Gasteiger partial charge < -0.3 is 9.13 Å². The first-order valence-corrected chi connectivity index (χ1v) is 27.4. The van der Waals surface area contributed by atoms with E-state index >= 15 is 0 Å². The van der Waals surface area contributed by atoms with Gasteiger partial charge in [0.05, 0.1) is 27.8 Å². The minimum Gasteiger partial charge on any atom is -0.309 e. The van der Waals surface area contributed by atoms with Crippen molar-refractivity contribution in [1.82, 2.24) is 9.13 Å². The Morgan fingerprint density at radius 1 is 0.253 bits per heavy atom. The third-order valence-corrected chi connectivity index (χ3v) is 19.5. The molecule has 0 bridgehead atoms. The summed E-state index contributed by atoms with van der Waals surface area (Å²) in [6.07, 6.45) is 0. The Labute approximate surface area is 475 Å². The fourth-order valence-electron chi connectivity index (χ4n) is 11.8. The van der Waals surface area contributed by atoms with E-state index in [1.54, 1.807) is 0 Å². The maximum atomic E-state index is 7.28. The molecule has 2 aromatic heterocycles. The fraction of sp³-hybridized carbons (Fsp3) is 0. The molecule has 13 aromatic rings. The number of aromatic nitrogens is 2. The van der Waals surface area contributed by atoms with Crippen molar-refractivity contribution in [2.45, 2.75) is 19.6 Å². The van der Waals surface area contributed by atoms with E-state index in [1.807, 2.05) is 30.3 Å². The van der Waals surface area contributed by atoms with Gasteiger partial charge in [-0.05, 0) is 113 Å². The van der Waals surface area contributed by atoms with Crippen LogP contribution in [0.1, 0.15) is 0 Å². The van der Waals surface area contributed by atoms with Gasteiger partial charge in [0, 0.05) is 57.9 Å². The van der Waals surface area contributed by atoms with E-state index in [-0.39, 0.29) is 54.6 Å². The predicted molar refractivity (Wildman–Crippen MR) is 345 cm³/mol. The second kappa shape index (κ2) is 19.7. The molecule has 2 nitrogen and oxygen atoms in total. The van der Waals surface area contributed by atoms with E-state index in [9.17, 15) is 0 Å². The van der Waals surface area contributed by atoms with Gasteiger partial charge in [0.2, 0.25) is 0 Å². The van der Waals surface area contributed by atoms with E-state index in [0.717, 1.165) is 69.2 Å². The molecular formula is C66H36B10N2S. The SMILES string of the molecule is [B]c1c([B])c([B])c(-c2cc(S(c3ccccc3)(c3ccccc3)c3ccccc3)cc(-c3c([B])c([B])c([B])c([B])c3[B])c2-n2c3ccccc3c3cc(-c4cccc(-n5c6ccccc6c6ccccc65)c4)ccc32)c([B])c1[B]. The lowest BCUT2D eigenvalue weighted by Gasteiger charge is -2.43. The van der Waals surface area contributed by atoms with E-state index in [1.165, 1.54) is 10.8 Å². The van der Waals surface area contributed by atoms with Crippen molar-refractivity contribution in [3.05, 3.63) is 218 Å². The summed E-state index contributed by atoms with van der Waals surface area (Å²) in [4.78, 5) is 3.98. The fourth-order valence-corrected chi connectivity index (χ4v) is 15.7. The van der Waals surface area contributed by atoms with E-state index < -0.39 is 10.0 Å². The Hall–Kier alpha value is -7.98. The number of para-hydroxylation sites is 3. The molecule has 0 saturated carbocycles. The highest BCUT2D eigenvalue weighted by Gasteiger charge is 2.36. The molecule has 2 heterocycles. The van der Waals surface area contributed by atoms with Crippen molar-refractivity contribution < 1.29 is 0 Å². The third-order valence-electron chi connectivity index (χ3n) is 15.6. The zero-order valence-electron chi connectivity index (χ0n) is 42.9. The van der Waals surface area contributed by atoms with Crippen LogP contribution < -0.4 is 54.6 Å². The summed E-state index contributed by atoms with van der Waals surface area (Å²) < 4.78 is 4.53. The molecule has 13 rings (SSSR count). The van der Waals surface area contributed by atoms with Crippen LogP contribution in [0.4, 0.5) is 0 Å². The van der Waals surface area contributed by atoms with Crippen LogP contribution in [-0.2, 0) is 0 Å². The van der Waals surface area contributed by atoms with E-state index in [4.69, 9.17) is 78.5 Å².